The first-order chi connectivity index (χ1) is 13.5. The summed E-state index contributed by atoms with van der Waals surface area (Å²) in [6.45, 7) is 3.94. The highest BCUT2D eigenvalue weighted by Crippen LogP contribution is 2.31. The van der Waals surface area contributed by atoms with Crippen molar-refractivity contribution >= 4 is 17.5 Å². The molecule has 1 aromatic heterocycles. The summed E-state index contributed by atoms with van der Waals surface area (Å²) in [6.07, 6.45) is 3.58. The first kappa shape index (κ1) is 18.6. The number of aryl methyl sites for hydroxylation is 1. The van der Waals surface area contributed by atoms with Crippen LogP contribution in [0.15, 0.2) is 42.7 Å². The number of benzene rings is 1. The van der Waals surface area contributed by atoms with Gasteiger partial charge in [-0.2, -0.15) is 0 Å². The number of rotatable bonds is 3. The number of halogens is 1. The number of piperazine rings is 1. The van der Waals surface area contributed by atoms with E-state index in [1.54, 1.807) is 31.5 Å². The molecule has 0 saturated carbocycles. The van der Waals surface area contributed by atoms with Gasteiger partial charge in [0, 0.05) is 45.0 Å². The number of hydrogen-bond donors (Lipinski definition) is 1. The van der Waals surface area contributed by atoms with Crippen LogP contribution in [0.1, 0.15) is 23.6 Å². The number of hydrogen-bond acceptors (Lipinski definition) is 4. The van der Waals surface area contributed by atoms with Crippen LogP contribution in [0.5, 0.6) is 0 Å². The van der Waals surface area contributed by atoms with Gasteiger partial charge in [-0.1, -0.05) is 12.1 Å². The topological polar surface area (TPSA) is 65.5 Å². The highest BCUT2D eigenvalue weighted by molar-refractivity contribution is 6.00. The Morgan fingerprint density at radius 3 is 2.93 bits per heavy atom. The van der Waals surface area contributed by atoms with Gasteiger partial charge in [0.1, 0.15) is 5.82 Å². The second-order valence-corrected chi connectivity index (χ2v) is 7.40. The highest BCUT2D eigenvalue weighted by Gasteiger charge is 2.40. The number of nitrogens with zero attached hydrogens (tertiary/aromatic N) is 3. The third-order valence-corrected chi connectivity index (χ3v) is 5.46. The number of nitrogens with one attached hydrogen (secondary N) is 1. The maximum Gasteiger partial charge on any atom is 0.228 e. The molecule has 2 aromatic rings. The molecule has 2 saturated heterocycles. The van der Waals surface area contributed by atoms with Crippen LogP contribution in [-0.2, 0) is 9.59 Å². The molecule has 1 aromatic carbocycles. The summed E-state index contributed by atoms with van der Waals surface area (Å²) in [5.41, 5.74) is 2.00. The normalized spacial score (nSPS) is 22.6. The maximum absolute atomic E-state index is 14.3. The van der Waals surface area contributed by atoms with Crippen LogP contribution in [0.3, 0.4) is 0 Å². The Bertz CT molecular complexity index is 889. The summed E-state index contributed by atoms with van der Waals surface area (Å²) in [6, 6.07) is 8.49. The standard InChI is InChI=1S/C21H23FN4O2/c1-14-4-5-18(17(22)9-14)26-13-16(10-20(26)27)21(28)25-8-7-24-12-19(25)15-3-2-6-23-11-15/h2-6,9,11,16,19,24H,7-8,10,12-13H2,1H3. The molecule has 1 N–H and O–H groups in total. The van der Waals surface area contributed by atoms with Gasteiger partial charge >= 0.3 is 0 Å². The molecule has 2 aliphatic rings. The fourth-order valence-corrected chi connectivity index (χ4v) is 4.01. The molecule has 3 heterocycles. The van der Waals surface area contributed by atoms with E-state index in [4.69, 9.17) is 0 Å². The third-order valence-electron chi connectivity index (χ3n) is 5.46. The summed E-state index contributed by atoms with van der Waals surface area (Å²) in [7, 11) is 0. The average Bonchev–Trinajstić information content (AvgIpc) is 3.09. The van der Waals surface area contributed by atoms with Crippen molar-refractivity contribution in [2.24, 2.45) is 5.92 Å². The molecule has 0 bridgehead atoms. The minimum atomic E-state index is -0.467. The number of carbonyl (C=O) groups excluding carboxylic acids is 2. The van der Waals surface area contributed by atoms with E-state index in [1.165, 1.54) is 11.0 Å². The molecule has 2 fully saturated rings. The van der Waals surface area contributed by atoms with E-state index in [-0.39, 0.29) is 36.5 Å². The second-order valence-electron chi connectivity index (χ2n) is 7.40. The Balaban J connectivity index is 1.54. The van der Waals surface area contributed by atoms with Crippen molar-refractivity contribution < 1.29 is 14.0 Å². The minimum Gasteiger partial charge on any atom is -0.333 e. The molecule has 4 rings (SSSR count). The molecule has 146 valence electrons. The molecule has 2 amide bonds. The van der Waals surface area contributed by atoms with Crippen molar-refractivity contribution in [1.29, 1.82) is 0 Å². The first-order valence-electron chi connectivity index (χ1n) is 9.52. The van der Waals surface area contributed by atoms with Gasteiger partial charge in [-0.25, -0.2) is 4.39 Å². The summed E-state index contributed by atoms with van der Waals surface area (Å²) < 4.78 is 14.3. The lowest BCUT2D eigenvalue weighted by molar-refractivity contribution is -0.139. The van der Waals surface area contributed by atoms with Gasteiger partial charge < -0.3 is 15.1 Å². The second kappa shape index (κ2) is 7.67. The zero-order valence-electron chi connectivity index (χ0n) is 15.8. The number of aromatic nitrogens is 1. The van der Waals surface area contributed by atoms with Gasteiger partial charge in [-0.3, -0.25) is 14.6 Å². The van der Waals surface area contributed by atoms with Crippen LogP contribution in [0, 0.1) is 18.7 Å². The lowest BCUT2D eigenvalue weighted by Gasteiger charge is -2.37. The smallest absolute Gasteiger partial charge is 0.228 e. The number of anilines is 1. The van der Waals surface area contributed by atoms with E-state index in [2.05, 4.69) is 10.3 Å². The predicted octanol–water partition coefficient (Wildman–Crippen LogP) is 2.06. The van der Waals surface area contributed by atoms with Crippen molar-refractivity contribution in [3.8, 4) is 0 Å². The summed E-state index contributed by atoms with van der Waals surface area (Å²) in [4.78, 5) is 33.2. The highest BCUT2D eigenvalue weighted by atomic mass is 19.1. The van der Waals surface area contributed by atoms with Gasteiger partial charge in [0.15, 0.2) is 0 Å². The fourth-order valence-electron chi connectivity index (χ4n) is 4.01. The van der Waals surface area contributed by atoms with E-state index >= 15 is 0 Å². The number of carbonyl (C=O) groups is 2. The molecule has 0 radical (unpaired) electrons. The maximum atomic E-state index is 14.3. The van der Waals surface area contributed by atoms with Crippen LogP contribution >= 0.6 is 0 Å². The van der Waals surface area contributed by atoms with E-state index in [0.29, 0.717) is 19.6 Å². The Hall–Kier alpha value is -2.80. The molecule has 2 unspecified atom stereocenters. The largest absolute Gasteiger partial charge is 0.333 e. The molecule has 0 aliphatic carbocycles. The molecule has 28 heavy (non-hydrogen) atoms. The van der Waals surface area contributed by atoms with Gasteiger partial charge in [-0.15, -0.1) is 0 Å². The molecule has 7 heteroatoms. The van der Waals surface area contributed by atoms with Gasteiger partial charge in [0.2, 0.25) is 11.8 Å². The predicted molar refractivity (Wildman–Crippen MR) is 103 cm³/mol. The van der Waals surface area contributed by atoms with Crippen LogP contribution < -0.4 is 10.2 Å². The average molecular weight is 382 g/mol. The van der Waals surface area contributed by atoms with Gasteiger partial charge in [0.05, 0.1) is 17.6 Å². The van der Waals surface area contributed by atoms with Crippen molar-refractivity contribution in [2.75, 3.05) is 31.1 Å². The fraction of sp³-hybridized carbons (Fsp3) is 0.381. The van der Waals surface area contributed by atoms with Gasteiger partial charge in [-0.05, 0) is 36.2 Å². The lowest BCUT2D eigenvalue weighted by Crippen LogP contribution is -2.50. The van der Waals surface area contributed by atoms with Crippen molar-refractivity contribution in [2.45, 2.75) is 19.4 Å². The SMILES string of the molecule is Cc1ccc(N2CC(C(=O)N3CCNCC3c3cccnc3)CC2=O)c(F)c1. The molecular weight excluding hydrogens is 359 g/mol. The van der Waals surface area contributed by atoms with E-state index in [1.807, 2.05) is 17.0 Å². The summed E-state index contributed by atoms with van der Waals surface area (Å²) in [5.74, 6) is -1.17. The Kier molecular flexibility index (Phi) is 5.09. The van der Waals surface area contributed by atoms with Crippen molar-refractivity contribution in [1.82, 2.24) is 15.2 Å². The van der Waals surface area contributed by atoms with Crippen molar-refractivity contribution in [3.05, 3.63) is 59.7 Å². The zero-order valence-corrected chi connectivity index (χ0v) is 15.8. The van der Waals surface area contributed by atoms with E-state index < -0.39 is 11.7 Å². The third kappa shape index (κ3) is 3.49. The summed E-state index contributed by atoms with van der Waals surface area (Å²) >= 11 is 0. The number of amides is 2. The molecule has 0 spiro atoms. The summed E-state index contributed by atoms with van der Waals surface area (Å²) in [5, 5.41) is 3.32. The lowest BCUT2D eigenvalue weighted by atomic mass is 10.0. The minimum absolute atomic E-state index is 0.0567. The molecule has 2 atom stereocenters. The monoisotopic (exact) mass is 382 g/mol. The van der Waals surface area contributed by atoms with Crippen LogP contribution in [0.2, 0.25) is 0 Å². The quantitative estimate of drug-likeness (QED) is 0.883. The van der Waals surface area contributed by atoms with E-state index in [0.717, 1.165) is 11.1 Å². The zero-order chi connectivity index (χ0) is 19.7. The molecular formula is C21H23FN4O2. The van der Waals surface area contributed by atoms with Crippen LogP contribution in [0.25, 0.3) is 0 Å². The number of pyridine rings is 1. The van der Waals surface area contributed by atoms with E-state index in [9.17, 15) is 14.0 Å². The molecule has 6 nitrogen and oxygen atoms in total. The van der Waals surface area contributed by atoms with Crippen LogP contribution in [0.4, 0.5) is 10.1 Å². The molecule has 2 aliphatic heterocycles. The van der Waals surface area contributed by atoms with Crippen LogP contribution in [-0.4, -0.2) is 47.9 Å². The van der Waals surface area contributed by atoms with Gasteiger partial charge in [0.25, 0.3) is 0 Å². The van der Waals surface area contributed by atoms with Crippen molar-refractivity contribution in [3.63, 3.8) is 0 Å². The Morgan fingerprint density at radius 2 is 2.18 bits per heavy atom. The first-order valence-corrected chi connectivity index (χ1v) is 9.52. The Labute approximate surface area is 163 Å². The Morgan fingerprint density at radius 1 is 1.32 bits per heavy atom.